The summed E-state index contributed by atoms with van der Waals surface area (Å²) in [7, 11) is 0. The summed E-state index contributed by atoms with van der Waals surface area (Å²) in [6.07, 6.45) is 2.09. The van der Waals surface area contributed by atoms with Gasteiger partial charge in [-0.05, 0) is 37.8 Å². The molecular formula is C14H21N3O2. The summed E-state index contributed by atoms with van der Waals surface area (Å²) in [6, 6.07) is 5.92. The zero-order valence-electron chi connectivity index (χ0n) is 11.2. The van der Waals surface area contributed by atoms with Gasteiger partial charge in [0.25, 0.3) is 0 Å². The zero-order valence-corrected chi connectivity index (χ0v) is 11.2. The summed E-state index contributed by atoms with van der Waals surface area (Å²) in [5, 5.41) is 12.5. The number of nitrogens with one attached hydrogen (secondary N) is 1. The molecule has 1 aromatic carbocycles. The molecule has 4 N–H and O–H groups in total. The third-order valence-corrected chi connectivity index (χ3v) is 3.60. The van der Waals surface area contributed by atoms with Crippen molar-refractivity contribution >= 4 is 17.5 Å². The van der Waals surface area contributed by atoms with E-state index in [0.29, 0.717) is 18.8 Å². The quantitative estimate of drug-likeness (QED) is 0.716. The lowest BCUT2D eigenvalue weighted by Gasteiger charge is -2.24. The van der Waals surface area contributed by atoms with E-state index in [1.807, 2.05) is 25.1 Å². The highest BCUT2D eigenvalue weighted by atomic mass is 16.4. The molecule has 0 aromatic heterocycles. The van der Waals surface area contributed by atoms with Gasteiger partial charge in [0, 0.05) is 19.1 Å². The van der Waals surface area contributed by atoms with Crippen molar-refractivity contribution in [2.45, 2.75) is 32.2 Å². The third-order valence-electron chi connectivity index (χ3n) is 3.60. The van der Waals surface area contributed by atoms with E-state index < -0.39 is 6.09 Å². The minimum Gasteiger partial charge on any atom is -0.465 e. The van der Waals surface area contributed by atoms with Crippen molar-refractivity contribution in [2.24, 2.45) is 0 Å². The molecular weight excluding hydrogens is 242 g/mol. The van der Waals surface area contributed by atoms with Crippen molar-refractivity contribution < 1.29 is 9.90 Å². The molecule has 5 nitrogen and oxygen atoms in total. The van der Waals surface area contributed by atoms with Crippen LogP contribution in [0.3, 0.4) is 0 Å². The Kier molecular flexibility index (Phi) is 4.14. The van der Waals surface area contributed by atoms with Gasteiger partial charge in [-0.3, -0.25) is 0 Å². The first kappa shape index (κ1) is 13.5. The van der Waals surface area contributed by atoms with Gasteiger partial charge < -0.3 is 21.1 Å². The highest BCUT2D eigenvalue weighted by Crippen LogP contribution is 2.25. The molecule has 2 rings (SSSR count). The Labute approximate surface area is 113 Å². The second-order valence-electron chi connectivity index (χ2n) is 5.10. The highest BCUT2D eigenvalue weighted by molar-refractivity contribution is 5.70. The average molecular weight is 263 g/mol. The van der Waals surface area contributed by atoms with Gasteiger partial charge in [0.05, 0.1) is 11.4 Å². The minimum absolute atomic E-state index is 0.127. The summed E-state index contributed by atoms with van der Waals surface area (Å²) in [4.78, 5) is 12.6. The largest absolute Gasteiger partial charge is 0.465 e. The van der Waals surface area contributed by atoms with Crippen LogP contribution in [0.5, 0.6) is 0 Å². The Morgan fingerprint density at radius 1 is 1.47 bits per heavy atom. The number of para-hydroxylation sites is 1. The molecule has 1 unspecified atom stereocenters. The molecule has 19 heavy (non-hydrogen) atoms. The molecule has 0 saturated carbocycles. The molecule has 1 aromatic rings. The van der Waals surface area contributed by atoms with Crippen molar-refractivity contribution in [1.82, 2.24) is 4.90 Å². The van der Waals surface area contributed by atoms with Gasteiger partial charge in [-0.1, -0.05) is 12.1 Å². The number of likely N-dealkylation sites (tertiary alicyclic amines) is 1. The Hall–Kier alpha value is -1.91. The standard InChI is InChI=1S/C14H21N3O2/c1-10-5-4-7-12(15)13(10)16-11-6-2-3-8-17(9-11)14(18)19/h4-5,7,11,16H,2-3,6,8-9,15H2,1H3,(H,18,19). The topological polar surface area (TPSA) is 78.6 Å². The fourth-order valence-electron chi connectivity index (χ4n) is 2.53. The summed E-state index contributed by atoms with van der Waals surface area (Å²) in [6.45, 7) is 3.14. The van der Waals surface area contributed by atoms with Crippen LogP contribution in [0.1, 0.15) is 24.8 Å². The predicted molar refractivity (Wildman–Crippen MR) is 76.5 cm³/mol. The molecule has 0 spiro atoms. The van der Waals surface area contributed by atoms with Crippen molar-refractivity contribution in [3.63, 3.8) is 0 Å². The first-order chi connectivity index (χ1) is 9.08. The van der Waals surface area contributed by atoms with Crippen LogP contribution >= 0.6 is 0 Å². The first-order valence-electron chi connectivity index (χ1n) is 6.67. The molecule has 0 aliphatic carbocycles. The molecule has 1 aliphatic rings. The number of hydrogen-bond acceptors (Lipinski definition) is 3. The van der Waals surface area contributed by atoms with E-state index in [1.54, 1.807) is 0 Å². The van der Waals surface area contributed by atoms with Crippen molar-refractivity contribution in [1.29, 1.82) is 0 Å². The number of hydrogen-bond donors (Lipinski definition) is 3. The van der Waals surface area contributed by atoms with Gasteiger partial charge in [0.15, 0.2) is 0 Å². The zero-order chi connectivity index (χ0) is 13.8. The van der Waals surface area contributed by atoms with Crippen LogP contribution in [0.2, 0.25) is 0 Å². The summed E-state index contributed by atoms with van der Waals surface area (Å²) >= 11 is 0. The number of aryl methyl sites for hydroxylation is 1. The molecule has 1 saturated heterocycles. The summed E-state index contributed by atoms with van der Waals surface area (Å²) in [5.41, 5.74) is 8.71. The number of amides is 1. The maximum absolute atomic E-state index is 11.1. The summed E-state index contributed by atoms with van der Waals surface area (Å²) < 4.78 is 0. The molecule has 1 aliphatic heterocycles. The Morgan fingerprint density at radius 3 is 2.95 bits per heavy atom. The monoisotopic (exact) mass is 263 g/mol. The van der Waals surface area contributed by atoms with E-state index in [0.717, 1.165) is 30.5 Å². The lowest BCUT2D eigenvalue weighted by molar-refractivity contribution is 0.146. The molecule has 1 fully saturated rings. The number of anilines is 2. The number of carboxylic acid groups (broad SMARTS) is 1. The smallest absolute Gasteiger partial charge is 0.407 e. The SMILES string of the molecule is Cc1cccc(N)c1NC1CCCCN(C(=O)O)C1. The fourth-order valence-corrected chi connectivity index (χ4v) is 2.53. The number of carbonyl (C=O) groups is 1. The van der Waals surface area contributed by atoms with E-state index in [4.69, 9.17) is 10.8 Å². The Balaban J connectivity index is 2.11. The minimum atomic E-state index is -0.841. The third kappa shape index (κ3) is 3.30. The second-order valence-corrected chi connectivity index (χ2v) is 5.10. The highest BCUT2D eigenvalue weighted by Gasteiger charge is 2.22. The van der Waals surface area contributed by atoms with Crippen LogP contribution in [0.25, 0.3) is 0 Å². The van der Waals surface area contributed by atoms with Crippen LogP contribution in [0, 0.1) is 6.92 Å². The maximum atomic E-state index is 11.1. The molecule has 5 heteroatoms. The molecule has 1 heterocycles. The molecule has 0 bridgehead atoms. The van der Waals surface area contributed by atoms with E-state index in [1.165, 1.54) is 4.90 Å². The average Bonchev–Trinajstić information content (AvgIpc) is 2.59. The Morgan fingerprint density at radius 2 is 2.26 bits per heavy atom. The normalized spacial score (nSPS) is 19.8. The van der Waals surface area contributed by atoms with E-state index in [-0.39, 0.29) is 6.04 Å². The molecule has 1 amide bonds. The maximum Gasteiger partial charge on any atom is 0.407 e. The van der Waals surface area contributed by atoms with Gasteiger partial charge in [-0.2, -0.15) is 0 Å². The van der Waals surface area contributed by atoms with Gasteiger partial charge in [-0.25, -0.2) is 4.79 Å². The lowest BCUT2D eigenvalue weighted by Crippen LogP contribution is -2.38. The van der Waals surface area contributed by atoms with Gasteiger partial charge in [0.2, 0.25) is 0 Å². The van der Waals surface area contributed by atoms with Crippen molar-refractivity contribution in [3.8, 4) is 0 Å². The van der Waals surface area contributed by atoms with Gasteiger partial charge >= 0.3 is 6.09 Å². The summed E-state index contributed by atoms with van der Waals surface area (Å²) in [5.74, 6) is 0. The number of rotatable bonds is 2. The second kappa shape index (κ2) is 5.82. The van der Waals surface area contributed by atoms with Crippen LogP contribution in [0.15, 0.2) is 18.2 Å². The van der Waals surface area contributed by atoms with Crippen LogP contribution in [-0.4, -0.2) is 35.2 Å². The fraction of sp³-hybridized carbons (Fsp3) is 0.500. The van der Waals surface area contributed by atoms with Crippen LogP contribution < -0.4 is 11.1 Å². The van der Waals surface area contributed by atoms with E-state index in [2.05, 4.69) is 5.32 Å². The number of benzene rings is 1. The van der Waals surface area contributed by atoms with Crippen molar-refractivity contribution in [2.75, 3.05) is 24.1 Å². The molecule has 104 valence electrons. The van der Waals surface area contributed by atoms with Crippen LogP contribution in [0.4, 0.5) is 16.2 Å². The number of nitrogens with two attached hydrogens (primary N) is 1. The number of nitrogen functional groups attached to an aromatic ring is 1. The number of nitrogens with zero attached hydrogens (tertiary/aromatic N) is 1. The lowest BCUT2D eigenvalue weighted by atomic mass is 10.1. The van der Waals surface area contributed by atoms with Gasteiger partial charge in [0.1, 0.15) is 0 Å². The molecule has 0 radical (unpaired) electrons. The first-order valence-corrected chi connectivity index (χ1v) is 6.67. The van der Waals surface area contributed by atoms with E-state index in [9.17, 15) is 4.79 Å². The van der Waals surface area contributed by atoms with Crippen LogP contribution in [-0.2, 0) is 0 Å². The Bertz CT molecular complexity index is 442. The predicted octanol–water partition coefficient (Wildman–Crippen LogP) is 2.52. The van der Waals surface area contributed by atoms with Gasteiger partial charge in [-0.15, -0.1) is 0 Å². The van der Waals surface area contributed by atoms with E-state index >= 15 is 0 Å². The molecule has 1 atom stereocenters. The van der Waals surface area contributed by atoms with Crippen molar-refractivity contribution in [3.05, 3.63) is 23.8 Å².